The van der Waals surface area contributed by atoms with Crippen LogP contribution in [0.4, 0.5) is 0 Å². The topological polar surface area (TPSA) is 93.3 Å². The fraction of sp³-hybridized carbons (Fsp3) is 0.478. The molecule has 162 valence electrons. The van der Waals surface area contributed by atoms with Crippen molar-refractivity contribution >= 4 is 22.8 Å². The molecule has 1 saturated carbocycles. The molecule has 0 aromatic carbocycles. The minimum absolute atomic E-state index is 0.0860. The van der Waals surface area contributed by atoms with Gasteiger partial charge in [0.05, 0.1) is 17.5 Å². The molecule has 1 aliphatic heterocycles. The molecule has 2 fully saturated rings. The lowest BCUT2D eigenvalue weighted by Crippen LogP contribution is -2.40. The molecule has 1 spiro atoms. The van der Waals surface area contributed by atoms with Crippen molar-refractivity contribution in [1.29, 1.82) is 0 Å². The highest BCUT2D eigenvalue weighted by atomic mass is 16.3. The van der Waals surface area contributed by atoms with Gasteiger partial charge < -0.3 is 14.6 Å². The number of aromatic nitrogens is 3. The van der Waals surface area contributed by atoms with E-state index >= 15 is 0 Å². The second kappa shape index (κ2) is 7.21. The van der Waals surface area contributed by atoms with Crippen LogP contribution in [0.5, 0.6) is 0 Å². The van der Waals surface area contributed by atoms with Crippen molar-refractivity contribution < 1.29 is 14.0 Å². The average Bonchev–Trinajstić information content (AvgIpc) is 3.12. The summed E-state index contributed by atoms with van der Waals surface area (Å²) in [5.41, 5.74) is 3.31. The molecule has 1 saturated heterocycles. The van der Waals surface area contributed by atoms with Crippen molar-refractivity contribution in [1.82, 2.24) is 25.0 Å². The number of piperidine rings is 1. The van der Waals surface area contributed by atoms with Gasteiger partial charge in [0.25, 0.3) is 11.8 Å². The molecule has 8 nitrogen and oxygen atoms in total. The summed E-state index contributed by atoms with van der Waals surface area (Å²) in [5, 5.41) is 8.28. The Labute approximate surface area is 180 Å². The van der Waals surface area contributed by atoms with Crippen LogP contribution in [0.25, 0.3) is 11.0 Å². The smallest absolute Gasteiger partial charge is 0.287 e. The van der Waals surface area contributed by atoms with Crippen LogP contribution < -0.4 is 5.32 Å². The first kappa shape index (κ1) is 19.8. The highest BCUT2D eigenvalue weighted by Gasteiger charge is 2.55. The van der Waals surface area contributed by atoms with Crippen molar-refractivity contribution in [2.75, 3.05) is 19.6 Å². The van der Waals surface area contributed by atoms with Gasteiger partial charge in [-0.05, 0) is 56.6 Å². The monoisotopic (exact) mass is 421 g/mol. The third-order valence-corrected chi connectivity index (χ3v) is 7.18. The maximum Gasteiger partial charge on any atom is 0.287 e. The highest BCUT2D eigenvalue weighted by molar-refractivity contribution is 5.97. The molecule has 8 heteroatoms. The summed E-state index contributed by atoms with van der Waals surface area (Å²) in [6, 6.07) is 3.58. The average molecular weight is 422 g/mol. The first-order valence-corrected chi connectivity index (χ1v) is 10.8. The number of likely N-dealkylation sites (tertiary alicyclic amines) is 1. The molecule has 1 unspecified atom stereocenters. The summed E-state index contributed by atoms with van der Waals surface area (Å²) in [4.78, 5) is 31.5. The Morgan fingerprint density at radius 1 is 1.29 bits per heavy atom. The molecular formula is C23H27N5O3. The fourth-order valence-electron chi connectivity index (χ4n) is 5.03. The number of rotatable bonds is 4. The van der Waals surface area contributed by atoms with Gasteiger partial charge in [0.2, 0.25) is 0 Å². The lowest BCUT2D eigenvalue weighted by Gasteiger charge is -2.33. The Balaban J connectivity index is 1.15. The molecule has 1 aliphatic carbocycles. The number of nitrogens with zero attached hydrogens (tertiary/aromatic N) is 4. The zero-order valence-electron chi connectivity index (χ0n) is 18.1. The fourth-order valence-corrected chi connectivity index (χ4v) is 5.03. The molecule has 5 rings (SSSR count). The molecule has 2 aliphatic rings. The first-order chi connectivity index (χ1) is 14.9. The van der Waals surface area contributed by atoms with Gasteiger partial charge in [0, 0.05) is 44.0 Å². The lowest BCUT2D eigenvalue weighted by atomic mass is 9.90. The van der Waals surface area contributed by atoms with E-state index in [0.29, 0.717) is 23.8 Å². The normalized spacial score (nSPS) is 19.7. The number of amides is 2. The molecular weight excluding hydrogens is 394 g/mol. The number of carbonyl (C=O) groups excluding carboxylic acids is 2. The molecule has 0 bridgehead atoms. The van der Waals surface area contributed by atoms with E-state index in [0.717, 1.165) is 54.7 Å². The van der Waals surface area contributed by atoms with Crippen LogP contribution in [0.1, 0.15) is 51.6 Å². The largest absolute Gasteiger partial charge is 0.449 e. The number of hydrogen-bond donors (Lipinski definition) is 1. The Morgan fingerprint density at radius 2 is 2.06 bits per heavy atom. The molecule has 31 heavy (non-hydrogen) atoms. The van der Waals surface area contributed by atoms with Crippen LogP contribution in [-0.4, -0.2) is 51.1 Å². The quantitative estimate of drug-likeness (QED) is 0.699. The van der Waals surface area contributed by atoms with Gasteiger partial charge in [0.1, 0.15) is 0 Å². The maximum absolute atomic E-state index is 13.0. The Bertz CT molecular complexity index is 1140. The number of pyridine rings is 1. The molecule has 3 aromatic heterocycles. The molecule has 3 aromatic rings. The van der Waals surface area contributed by atoms with Crippen molar-refractivity contribution in [3.05, 3.63) is 47.2 Å². The molecule has 4 heterocycles. The Kier molecular flexibility index (Phi) is 4.60. The Morgan fingerprint density at radius 3 is 2.74 bits per heavy atom. The second-order valence-corrected chi connectivity index (χ2v) is 8.96. The third kappa shape index (κ3) is 3.40. The van der Waals surface area contributed by atoms with E-state index in [1.165, 1.54) is 0 Å². The maximum atomic E-state index is 13.0. The van der Waals surface area contributed by atoms with Crippen LogP contribution in [0, 0.1) is 25.2 Å². The van der Waals surface area contributed by atoms with Crippen molar-refractivity contribution in [3.8, 4) is 0 Å². The van der Waals surface area contributed by atoms with E-state index in [9.17, 15) is 9.59 Å². The summed E-state index contributed by atoms with van der Waals surface area (Å²) < 4.78 is 7.37. The zero-order valence-corrected chi connectivity index (χ0v) is 18.1. The van der Waals surface area contributed by atoms with Crippen LogP contribution in [0.15, 0.2) is 28.9 Å². The van der Waals surface area contributed by atoms with Gasteiger partial charge >= 0.3 is 0 Å². The summed E-state index contributed by atoms with van der Waals surface area (Å²) in [5.74, 6) is 0.679. The standard InChI is InChI=1S/C23H27N5O3/c1-14-20(15(2)27(3)26-14)22(30)28-8-5-23(6-9-28)11-17(23)12-25-21(29)18-10-16-4-7-24-13-19(16)31-18/h4,7,10,13,17H,5-6,8-9,11-12H2,1-3H3,(H,25,29). The number of carbonyl (C=O) groups is 2. The SMILES string of the molecule is Cc1nn(C)c(C)c1C(=O)N1CCC2(CC1)CC2CNC(=O)c1cc2ccncc2o1. The number of aryl methyl sites for hydroxylation is 2. The molecule has 0 radical (unpaired) electrons. The molecule has 1 N–H and O–H groups in total. The van der Waals surface area contributed by atoms with Gasteiger partial charge in [-0.2, -0.15) is 5.10 Å². The zero-order chi connectivity index (χ0) is 21.8. The van der Waals surface area contributed by atoms with Crippen molar-refractivity contribution in [2.45, 2.75) is 33.1 Å². The summed E-state index contributed by atoms with van der Waals surface area (Å²) in [6.45, 7) is 5.99. The third-order valence-electron chi connectivity index (χ3n) is 7.18. The van der Waals surface area contributed by atoms with Crippen molar-refractivity contribution in [3.63, 3.8) is 0 Å². The van der Waals surface area contributed by atoms with Crippen LogP contribution in [0.3, 0.4) is 0 Å². The van der Waals surface area contributed by atoms with Gasteiger partial charge in [0.15, 0.2) is 11.3 Å². The number of hydrogen-bond acceptors (Lipinski definition) is 5. The predicted molar refractivity (Wildman–Crippen MR) is 115 cm³/mol. The van der Waals surface area contributed by atoms with E-state index < -0.39 is 0 Å². The summed E-state index contributed by atoms with van der Waals surface area (Å²) >= 11 is 0. The van der Waals surface area contributed by atoms with E-state index in [4.69, 9.17) is 4.42 Å². The van der Waals surface area contributed by atoms with Crippen LogP contribution in [-0.2, 0) is 7.05 Å². The summed E-state index contributed by atoms with van der Waals surface area (Å²) in [6.07, 6.45) is 6.36. The minimum Gasteiger partial charge on any atom is -0.449 e. The van der Waals surface area contributed by atoms with Gasteiger partial charge in [-0.1, -0.05) is 0 Å². The van der Waals surface area contributed by atoms with Crippen LogP contribution >= 0.6 is 0 Å². The van der Waals surface area contributed by atoms with E-state index in [1.54, 1.807) is 23.1 Å². The predicted octanol–water partition coefficient (Wildman–Crippen LogP) is 2.85. The van der Waals surface area contributed by atoms with Crippen LogP contribution in [0.2, 0.25) is 0 Å². The molecule has 2 amide bonds. The van der Waals surface area contributed by atoms with Crippen molar-refractivity contribution in [2.24, 2.45) is 18.4 Å². The molecule has 1 atom stereocenters. The first-order valence-electron chi connectivity index (χ1n) is 10.8. The van der Waals surface area contributed by atoms with E-state index in [-0.39, 0.29) is 17.2 Å². The van der Waals surface area contributed by atoms with E-state index in [2.05, 4.69) is 15.4 Å². The lowest BCUT2D eigenvalue weighted by molar-refractivity contribution is 0.0667. The highest BCUT2D eigenvalue weighted by Crippen LogP contribution is 2.59. The number of furan rings is 1. The number of fused-ring (bicyclic) bond motifs is 1. The summed E-state index contributed by atoms with van der Waals surface area (Å²) in [7, 11) is 1.87. The number of nitrogens with one attached hydrogen (secondary N) is 1. The second-order valence-electron chi connectivity index (χ2n) is 8.96. The van der Waals surface area contributed by atoms with E-state index in [1.807, 2.05) is 31.9 Å². The van der Waals surface area contributed by atoms with Gasteiger partial charge in [-0.3, -0.25) is 19.3 Å². The van der Waals surface area contributed by atoms with Gasteiger partial charge in [-0.15, -0.1) is 0 Å². The Hall–Kier alpha value is -3.16. The minimum atomic E-state index is -0.187. The van der Waals surface area contributed by atoms with Gasteiger partial charge in [-0.25, -0.2) is 0 Å².